The van der Waals surface area contributed by atoms with Crippen molar-refractivity contribution in [3.05, 3.63) is 23.9 Å². The molecule has 0 radical (unpaired) electrons. The van der Waals surface area contributed by atoms with E-state index in [-0.39, 0.29) is 18.4 Å². The van der Waals surface area contributed by atoms with Gasteiger partial charge in [-0.15, -0.1) is 5.10 Å². The van der Waals surface area contributed by atoms with Crippen LogP contribution in [0, 0.1) is 0 Å². The van der Waals surface area contributed by atoms with Gasteiger partial charge in [-0.2, -0.15) is 0 Å². The zero-order chi connectivity index (χ0) is 14.3. The van der Waals surface area contributed by atoms with Crippen LogP contribution in [0.5, 0.6) is 5.75 Å². The number of hydrogen-bond acceptors (Lipinski definition) is 4. The lowest BCUT2D eigenvalue weighted by Crippen LogP contribution is -2.17. The van der Waals surface area contributed by atoms with Gasteiger partial charge in [-0.3, -0.25) is 4.79 Å². The standard InChI is InChI=1S/C14H16N4O2/c1-8(2)13-14-10-6-9(20-3)4-5-11(10)15-12(19)7-18(14)17-16-13/h4-6,8H,7H2,1-3H3,(H,15,19). The van der Waals surface area contributed by atoms with Crippen LogP contribution >= 0.6 is 0 Å². The maximum absolute atomic E-state index is 11.9. The minimum Gasteiger partial charge on any atom is -0.497 e. The number of amides is 1. The number of anilines is 1. The first-order valence-electron chi connectivity index (χ1n) is 6.51. The second-order valence-electron chi connectivity index (χ2n) is 5.10. The van der Waals surface area contributed by atoms with Gasteiger partial charge in [0.25, 0.3) is 0 Å². The maximum Gasteiger partial charge on any atom is 0.246 e. The van der Waals surface area contributed by atoms with E-state index in [9.17, 15) is 4.79 Å². The van der Waals surface area contributed by atoms with Gasteiger partial charge in [0.1, 0.15) is 12.3 Å². The SMILES string of the molecule is COc1ccc2c(c1)-c1c(C(C)C)nnn1CC(=O)N2. The second kappa shape index (κ2) is 4.63. The summed E-state index contributed by atoms with van der Waals surface area (Å²) in [5.41, 5.74) is 3.42. The van der Waals surface area contributed by atoms with Crippen LogP contribution in [0.15, 0.2) is 18.2 Å². The summed E-state index contributed by atoms with van der Waals surface area (Å²) in [6, 6.07) is 5.58. The highest BCUT2D eigenvalue weighted by atomic mass is 16.5. The van der Waals surface area contributed by atoms with E-state index in [0.717, 1.165) is 28.4 Å². The Morgan fingerprint density at radius 2 is 2.20 bits per heavy atom. The largest absolute Gasteiger partial charge is 0.497 e. The number of nitrogens with zero attached hydrogens (tertiary/aromatic N) is 3. The third-order valence-electron chi connectivity index (χ3n) is 3.36. The molecule has 0 unspecified atom stereocenters. The molecule has 1 aliphatic heterocycles. The molecular formula is C14H16N4O2. The summed E-state index contributed by atoms with van der Waals surface area (Å²) in [4.78, 5) is 11.9. The maximum atomic E-state index is 11.9. The molecule has 104 valence electrons. The van der Waals surface area contributed by atoms with Crippen LogP contribution in [0.2, 0.25) is 0 Å². The number of aromatic nitrogens is 3. The minimum atomic E-state index is -0.102. The molecule has 0 bridgehead atoms. The number of ether oxygens (including phenoxy) is 1. The number of carbonyl (C=O) groups is 1. The average Bonchev–Trinajstić information content (AvgIpc) is 2.77. The number of carbonyl (C=O) groups excluding carboxylic acids is 1. The molecule has 3 rings (SSSR count). The summed E-state index contributed by atoms with van der Waals surface area (Å²) >= 11 is 0. The molecule has 1 aromatic carbocycles. The van der Waals surface area contributed by atoms with Crippen molar-refractivity contribution >= 4 is 11.6 Å². The Morgan fingerprint density at radius 1 is 1.40 bits per heavy atom. The molecule has 6 heteroatoms. The van der Waals surface area contributed by atoms with Crippen molar-refractivity contribution < 1.29 is 9.53 Å². The molecule has 0 fully saturated rings. The summed E-state index contributed by atoms with van der Waals surface area (Å²) in [5, 5.41) is 11.2. The van der Waals surface area contributed by atoms with Crippen LogP contribution in [0.25, 0.3) is 11.3 Å². The van der Waals surface area contributed by atoms with Gasteiger partial charge in [0.15, 0.2) is 0 Å². The van der Waals surface area contributed by atoms with E-state index >= 15 is 0 Å². The third kappa shape index (κ3) is 1.93. The van der Waals surface area contributed by atoms with Gasteiger partial charge >= 0.3 is 0 Å². The summed E-state index contributed by atoms with van der Waals surface area (Å²) in [6.45, 7) is 4.29. The molecule has 0 atom stereocenters. The third-order valence-corrected chi connectivity index (χ3v) is 3.36. The molecule has 1 aromatic heterocycles. The fourth-order valence-corrected chi connectivity index (χ4v) is 2.38. The van der Waals surface area contributed by atoms with E-state index in [2.05, 4.69) is 29.5 Å². The highest BCUT2D eigenvalue weighted by molar-refractivity contribution is 5.97. The van der Waals surface area contributed by atoms with Crippen molar-refractivity contribution in [1.29, 1.82) is 0 Å². The molecule has 1 N–H and O–H groups in total. The summed E-state index contributed by atoms with van der Waals surface area (Å²) < 4.78 is 6.93. The minimum absolute atomic E-state index is 0.102. The molecule has 2 heterocycles. The lowest BCUT2D eigenvalue weighted by molar-refractivity contribution is -0.116. The van der Waals surface area contributed by atoms with Gasteiger partial charge in [0.05, 0.1) is 24.2 Å². The molecule has 1 aliphatic rings. The zero-order valence-electron chi connectivity index (χ0n) is 11.7. The molecule has 1 amide bonds. The first-order valence-corrected chi connectivity index (χ1v) is 6.51. The normalized spacial score (nSPS) is 13.5. The van der Waals surface area contributed by atoms with Crippen LogP contribution in [-0.2, 0) is 11.3 Å². The number of rotatable bonds is 2. The van der Waals surface area contributed by atoms with E-state index in [1.165, 1.54) is 0 Å². The van der Waals surface area contributed by atoms with Crippen molar-refractivity contribution in [2.75, 3.05) is 12.4 Å². The second-order valence-corrected chi connectivity index (χ2v) is 5.10. The Kier molecular flexibility index (Phi) is 2.93. The molecule has 6 nitrogen and oxygen atoms in total. The fourth-order valence-electron chi connectivity index (χ4n) is 2.38. The quantitative estimate of drug-likeness (QED) is 0.908. The van der Waals surface area contributed by atoms with Crippen molar-refractivity contribution in [2.24, 2.45) is 0 Å². The van der Waals surface area contributed by atoms with Crippen molar-refractivity contribution in [3.63, 3.8) is 0 Å². The molecule has 0 saturated heterocycles. The lowest BCUT2D eigenvalue weighted by Gasteiger charge is -2.11. The predicted octanol–water partition coefficient (Wildman–Crippen LogP) is 2.03. The van der Waals surface area contributed by atoms with E-state index in [0.29, 0.717) is 0 Å². The highest BCUT2D eigenvalue weighted by Crippen LogP contribution is 2.36. The van der Waals surface area contributed by atoms with Crippen molar-refractivity contribution in [1.82, 2.24) is 15.0 Å². The Labute approximate surface area is 116 Å². The number of benzene rings is 1. The summed E-state index contributed by atoms with van der Waals surface area (Å²) in [6.07, 6.45) is 0. The van der Waals surface area contributed by atoms with E-state index in [1.807, 2.05) is 18.2 Å². The highest BCUT2D eigenvalue weighted by Gasteiger charge is 2.25. The number of methoxy groups -OCH3 is 1. The smallest absolute Gasteiger partial charge is 0.246 e. The van der Waals surface area contributed by atoms with Gasteiger partial charge in [-0.05, 0) is 24.1 Å². The molecule has 0 saturated carbocycles. The first-order chi connectivity index (χ1) is 9.60. The van der Waals surface area contributed by atoms with Gasteiger partial charge in [-0.25, -0.2) is 4.68 Å². The van der Waals surface area contributed by atoms with Gasteiger partial charge in [0, 0.05) is 5.56 Å². The number of nitrogens with one attached hydrogen (secondary N) is 1. The van der Waals surface area contributed by atoms with E-state index < -0.39 is 0 Å². The predicted molar refractivity (Wildman–Crippen MR) is 74.7 cm³/mol. The van der Waals surface area contributed by atoms with Gasteiger partial charge in [0.2, 0.25) is 5.91 Å². The van der Waals surface area contributed by atoms with Crippen LogP contribution in [0.4, 0.5) is 5.69 Å². The monoisotopic (exact) mass is 272 g/mol. The van der Waals surface area contributed by atoms with Crippen molar-refractivity contribution in [3.8, 4) is 17.0 Å². The van der Waals surface area contributed by atoms with E-state index in [4.69, 9.17) is 4.74 Å². The zero-order valence-corrected chi connectivity index (χ0v) is 11.7. The topological polar surface area (TPSA) is 69.0 Å². The lowest BCUT2D eigenvalue weighted by atomic mass is 10.0. The molecule has 20 heavy (non-hydrogen) atoms. The van der Waals surface area contributed by atoms with Gasteiger partial charge in [-0.1, -0.05) is 19.1 Å². The van der Waals surface area contributed by atoms with Crippen LogP contribution in [0.1, 0.15) is 25.5 Å². The molecule has 2 aromatic rings. The van der Waals surface area contributed by atoms with Gasteiger partial charge < -0.3 is 10.1 Å². The van der Waals surface area contributed by atoms with Crippen LogP contribution in [-0.4, -0.2) is 28.0 Å². The average molecular weight is 272 g/mol. The van der Waals surface area contributed by atoms with E-state index in [1.54, 1.807) is 11.8 Å². The Bertz CT molecular complexity index is 676. The fraction of sp³-hybridized carbons (Fsp3) is 0.357. The van der Waals surface area contributed by atoms with Crippen molar-refractivity contribution in [2.45, 2.75) is 26.3 Å². The molecule has 0 aliphatic carbocycles. The number of fused-ring (bicyclic) bond motifs is 3. The van der Waals surface area contributed by atoms with Crippen LogP contribution < -0.4 is 10.1 Å². The molecule has 0 spiro atoms. The van der Waals surface area contributed by atoms with Crippen LogP contribution in [0.3, 0.4) is 0 Å². The molecular weight excluding hydrogens is 256 g/mol. The first kappa shape index (κ1) is 12.7. The Hall–Kier alpha value is -2.37. The summed E-state index contributed by atoms with van der Waals surface area (Å²) in [5.74, 6) is 0.865. The number of hydrogen-bond donors (Lipinski definition) is 1. The summed E-state index contributed by atoms with van der Waals surface area (Å²) in [7, 11) is 1.62. The Balaban J connectivity index is 2.28. The Morgan fingerprint density at radius 3 is 2.90 bits per heavy atom.